The van der Waals surface area contributed by atoms with Gasteiger partial charge in [-0.05, 0) is 48.5 Å². The molecule has 0 bridgehead atoms. The van der Waals surface area contributed by atoms with Crippen molar-refractivity contribution in [2.45, 2.75) is 0 Å². The maximum absolute atomic E-state index is 11.8. The Morgan fingerprint density at radius 3 is 0.653 bits per heavy atom. The van der Waals surface area contributed by atoms with Gasteiger partial charge in [0.15, 0.2) is 0 Å². The Balaban J connectivity index is 0.000000289. The fraction of sp³-hybridized carbons (Fsp3) is 0. The van der Waals surface area contributed by atoms with Crippen LogP contribution >= 0.6 is 0 Å². The van der Waals surface area contributed by atoms with Crippen LogP contribution in [0.5, 0.6) is 0 Å². The molecular formula is C32H22O17. The molecule has 0 amide bonds. The van der Waals surface area contributed by atoms with E-state index in [9.17, 15) is 38.4 Å². The Kier molecular flexibility index (Phi) is 13.8. The summed E-state index contributed by atoms with van der Waals surface area (Å²) in [5.74, 6) is -10.1. The van der Waals surface area contributed by atoms with Gasteiger partial charge in [-0.25, -0.2) is 38.4 Å². The van der Waals surface area contributed by atoms with Crippen molar-refractivity contribution in [2.24, 2.45) is 0 Å². The molecule has 0 aliphatic heterocycles. The molecule has 0 radical (unpaired) electrons. The molecule has 4 aromatic carbocycles. The lowest BCUT2D eigenvalue weighted by atomic mass is 10.1. The normalized spacial score (nSPS) is 9.63. The second-order valence-corrected chi connectivity index (χ2v) is 8.82. The summed E-state index contributed by atoms with van der Waals surface area (Å²) in [6.07, 6.45) is 0. The minimum atomic E-state index is -1.36. The molecule has 0 saturated carbocycles. The first kappa shape index (κ1) is 37.8. The number of aromatic carboxylic acids is 6. The maximum Gasteiger partial charge on any atom is 0.378 e. The predicted molar refractivity (Wildman–Crippen MR) is 159 cm³/mol. The van der Waals surface area contributed by atoms with E-state index in [1.807, 2.05) is 0 Å². The van der Waals surface area contributed by atoms with Crippen LogP contribution in [-0.2, 0) is 14.8 Å². The highest BCUT2D eigenvalue weighted by Gasteiger charge is 2.22. The summed E-state index contributed by atoms with van der Waals surface area (Å²) in [5, 5.41) is 56.2. The number of hydrogen-bond donors (Lipinski definition) is 6. The SMILES string of the molecule is O=C(O)c1ccccc1C(=O)O.O=C(O)c1ccccc1C(=O)O.O=C(O)c1ccccc1C(=O)OOOC(=O)c1ccccc1C(=O)O. The van der Waals surface area contributed by atoms with Crippen molar-refractivity contribution < 1.29 is 83.8 Å². The molecule has 0 saturated heterocycles. The van der Waals surface area contributed by atoms with E-state index in [-0.39, 0.29) is 44.5 Å². The molecule has 17 heteroatoms. The zero-order chi connectivity index (χ0) is 36.7. The van der Waals surface area contributed by atoms with E-state index < -0.39 is 47.8 Å². The number of hydrogen-bond acceptors (Lipinski definition) is 11. The van der Waals surface area contributed by atoms with Crippen LogP contribution in [0.4, 0.5) is 0 Å². The number of rotatable bonds is 10. The average Bonchev–Trinajstić information content (AvgIpc) is 3.08. The van der Waals surface area contributed by atoms with Crippen LogP contribution < -0.4 is 0 Å². The summed E-state index contributed by atoms with van der Waals surface area (Å²) in [6.45, 7) is 0. The van der Waals surface area contributed by atoms with Crippen molar-refractivity contribution in [3.05, 3.63) is 142 Å². The highest BCUT2D eigenvalue weighted by molar-refractivity contribution is 6.04. The summed E-state index contributed by atoms with van der Waals surface area (Å²) in [6, 6.07) is 21.3. The summed E-state index contributed by atoms with van der Waals surface area (Å²) in [5.41, 5.74) is -2.07. The fourth-order valence-electron chi connectivity index (χ4n) is 3.58. The Morgan fingerprint density at radius 1 is 0.306 bits per heavy atom. The van der Waals surface area contributed by atoms with Crippen molar-refractivity contribution in [3.63, 3.8) is 0 Å². The van der Waals surface area contributed by atoms with Crippen molar-refractivity contribution in [3.8, 4) is 0 Å². The summed E-state index contributed by atoms with van der Waals surface area (Å²) >= 11 is 0. The zero-order valence-electron chi connectivity index (χ0n) is 24.4. The first-order valence-corrected chi connectivity index (χ1v) is 13.0. The third-order valence-electron chi connectivity index (χ3n) is 5.75. The van der Waals surface area contributed by atoms with E-state index in [0.29, 0.717) is 0 Å². The molecule has 0 fully saturated rings. The predicted octanol–water partition coefficient (Wildman–Crippen LogP) is 4.11. The van der Waals surface area contributed by atoms with Crippen molar-refractivity contribution in [1.82, 2.24) is 0 Å². The highest BCUT2D eigenvalue weighted by atomic mass is 17.5. The van der Waals surface area contributed by atoms with E-state index in [4.69, 9.17) is 30.6 Å². The lowest BCUT2D eigenvalue weighted by Gasteiger charge is -2.06. The average molecular weight is 679 g/mol. The van der Waals surface area contributed by atoms with Gasteiger partial charge >= 0.3 is 47.8 Å². The van der Waals surface area contributed by atoms with E-state index in [0.717, 1.165) is 0 Å². The van der Waals surface area contributed by atoms with Gasteiger partial charge in [-0.15, -0.1) is 0 Å². The minimum Gasteiger partial charge on any atom is -0.478 e. The highest BCUT2D eigenvalue weighted by Crippen LogP contribution is 2.13. The minimum absolute atomic E-state index is 0.190. The third kappa shape index (κ3) is 10.9. The molecular weight excluding hydrogens is 656 g/mol. The number of benzene rings is 4. The van der Waals surface area contributed by atoms with Crippen LogP contribution in [0.2, 0.25) is 0 Å². The molecule has 0 aliphatic rings. The lowest BCUT2D eigenvalue weighted by Crippen LogP contribution is -2.15. The lowest BCUT2D eigenvalue weighted by molar-refractivity contribution is -0.446. The molecule has 4 aromatic rings. The Hall–Kier alpha value is -7.40. The molecule has 17 nitrogen and oxygen atoms in total. The summed E-state index contributed by atoms with van der Waals surface area (Å²) in [4.78, 5) is 95.8. The summed E-state index contributed by atoms with van der Waals surface area (Å²) < 4.78 is 0. The number of carboxylic acids is 6. The molecule has 6 N–H and O–H groups in total. The molecule has 252 valence electrons. The molecule has 0 aliphatic carbocycles. The third-order valence-corrected chi connectivity index (χ3v) is 5.75. The quantitative estimate of drug-likeness (QED) is 0.102. The Labute approximate surface area is 273 Å². The molecule has 0 atom stereocenters. The molecule has 49 heavy (non-hydrogen) atoms. The standard InChI is InChI=1S/C16H10O9.2C8H6O4/c17-13(18)9-5-1-3-7-11(9)15(21)23-25-24-16(22)12-8-4-2-6-10(12)14(19)20;2*9-7(10)5-3-1-2-4-6(5)8(11)12/h1-8H,(H,17,18)(H,19,20);2*1-4H,(H,9,10)(H,11,12). The van der Waals surface area contributed by atoms with Crippen LogP contribution in [0.3, 0.4) is 0 Å². The zero-order valence-corrected chi connectivity index (χ0v) is 24.4. The number of carbonyl (C=O) groups is 8. The fourth-order valence-corrected chi connectivity index (χ4v) is 3.58. The van der Waals surface area contributed by atoms with Gasteiger partial charge in [-0.3, -0.25) is 9.78 Å². The summed E-state index contributed by atoms with van der Waals surface area (Å²) in [7, 11) is 0. The number of carboxylic acid groups (broad SMARTS) is 6. The van der Waals surface area contributed by atoms with E-state index in [1.165, 1.54) is 97.1 Å². The number of carbonyl (C=O) groups excluding carboxylic acids is 2. The molecule has 0 unspecified atom stereocenters. The van der Waals surface area contributed by atoms with Gasteiger partial charge in [-0.2, -0.15) is 0 Å². The van der Waals surface area contributed by atoms with Crippen LogP contribution in [0.25, 0.3) is 0 Å². The van der Waals surface area contributed by atoms with E-state index in [1.54, 1.807) is 0 Å². The van der Waals surface area contributed by atoms with Gasteiger partial charge in [0.1, 0.15) is 0 Å². The van der Waals surface area contributed by atoms with E-state index >= 15 is 0 Å². The first-order valence-electron chi connectivity index (χ1n) is 13.0. The van der Waals surface area contributed by atoms with Crippen molar-refractivity contribution >= 4 is 47.8 Å². The molecule has 0 spiro atoms. The van der Waals surface area contributed by atoms with E-state index in [2.05, 4.69) is 14.8 Å². The van der Waals surface area contributed by atoms with Crippen molar-refractivity contribution in [1.29, 1.82) is 0 Å². The monoisotopic (exact) mass is 678 g/mol. The van der Waals surface area contributed by atoms with Gasteiger partial charge in [0.25, 0.3) is 0 Å². The van der Waals surface area contributed by atoms with Crippen LogP contribution in [0.1, 0.15) is 82.9 Å². The van der Waals surface area contributed by atoms with Gasteiger partial charge in [0.05, 0.1) is 44.5 Å². The smallest absolute Gasteiger partial charge is 0.378 e. The van der Waals surface area contributed by atoms with Gasteiger partial charge < -0.3 is 30.6 Å². The topological polar surface area (TPSA) is 286 Å². The van der Waals surface area contributed by atoms with Crippen molar-refractivity contribution in [2.75, 3.05) is 0 Å². The van der Waals surface area contributed by atoms with Crippen LogP contribution in [-0.4, -0.2) is 78.4 Å². The molecule has 4 rings (SSSR count). The van der Waals surface area contributed by atoms with Crippen LogP contribution in [0, 0.1) is 0 Å². The second-order valence-electron chi connectivity index (χ2n) is 8.82. The van der Waals surface area contributed by atoms with Crippen LogP contribution in [0.15, 0.2) is 97.1 Å². The van der Waals surface area contributed by atoms with Gasteiger partial charge in [0.2, 0.25) is 0 Å². The second kappa shape index (κ2) is 17.9. The molecule has 0 aromatic heterocycles. The Bertz CT molecular complexity index is 1710. The van der Waals surface area contributed by atoms with Gasteiger partial charge in [-0.1, -0.05) is 48.5 Å². The maximum atomic E-state index is 11.8. The Morgan fingerprint density at radius 2 is 0.469 bits per heavy atom. The first-order chi connectivity index (χ1) is 23.2. The largest absolute Gasteiger partial charge is 0.478 e. The molecule has 0 heterocycles. The van der Waals surface area contributed by atoms with Gasteiger partial charge in [0, 0.05) is 5.04 Å².